The lowest BCUT2D eigenvalue weighted by Crippen LogP contribution is -2.07. The van der Waals surface area contributed by atoms with Crippen molar-refractivity contribution in [2.75, 3.05) is 14.2 Å². The number of hydrogen-bond acceptors (Lipinski definition) is 4. The maximum Gasteiger partial charge on any atom is 0.119 e. The van der Waals surface area contributed by atoms with E-state index in [0.29, 0.717) is 11.3 Å². The van der Waals surface area contributed by atoms with E-state index in [-0.39, 0.29) is 0 Å². The molecule has 120 valence electrons. The Morgan fingerprint density at radius 3 is 1.91 bits per heavy atom. The molecule has 23 heavy (non-hydrogen) atoms. The van der Waals surface area contributed by atoms with E-state index in [1.54, 1.807) is 14.2 Å². The Hall–Kier alpha value is -2.59. The van der Waals surface area contributed by atoms with Crippen LogP contribution in [0.3, 0.4) is 0 Å². The number of aliphatic hydroxyl groups excluding tert-OH is 1. The summed E-state index contributed by atoms with van der Waals surface area (Å²) in [5, 5.41) is 10.4. The van der Waals surface area contributed by atoms with Crippen LogP contribution >= 0.6 is 0 Å². The molecule has 0 radical (unpaired) electrons. The van der Waals surface area contributed by atoms with Crippen molar-refractivity contribution in [1.29, 1.82) is 0 Å². The van der Waals surface area contributed by atoms with E-state index in [4.69, 9.17) is 9.47 Å². The van der Waals surface area contributed by atoms with Crippen molar-refractivity contribution in [3.05, 3.63) is 66.2 Å². The van der Waals surface area contributed by atoms with Crippen LogP contribution in [-0.2, 0) is 0 Å². The van der Waals surface area contributed by atoms with Gasteiger partial charge in [0, 0.05) is 5.71 Å². The largest absolute Gasteiger partial charge is 0.497 e. The second-order valence-electron chi connectivity index (χ2n) is 5.10. The molecule has 0 saturated heterocycles. The SMILES string of the molecule is C=C(C(C)=Nc1ccc(OC)cc1)[C@H](O)c1ccc(OC)cc1. The van der Waals surface area contributed by atoms with Gasteiger partial charge >= 0.3 is 0 Å². The summed E-state index contributed by atoms with van der Waals surface area (Å²) >= 11 is 0. The van der Waals surface area contributed by atoms with Crippen LogP contribution in [0, 0.1) is 0 Å². The van der Waals surface area contributed by atoms with Crippen LogP contribution in [0.25, 0.3) is 0 Å². The van der Waals surface area contributed by atoms with E-state index < -0.39 is 6.10 Å². The topological polar surface area (TPSA) is 51.0 Å². The van der Waals surface area contributed by atoms with Crippen molar-refractivity contribution in [2.45, 2.75) is 13.0 Å². The average Bonchev–Trinajstić information content (AvgIpc) is 2.61. The molecule has 2 rings (SSSR count). The average molecular weight is 311 g/mol. The van der Waals surface area contributed by atoms with Crippen LogP contribution in [0.4, 0.5) is 5.69 Å². The van der Waals surface area contributed by atoms with Gasteiger partial charge in [-0.3, -0.25) is 4.99 Å². The molecule has 0 aromatic heterocycles. The third-order valence-electron chi connectivity index (χ3n) is 3.60. The quantitative estimate of drug-likeness (QED) is 0.818. The zero-order valence-electron chi connectivity index (χ0n) is 13.6. The van der Waals surface area contributed by atoms with Gasteiger partial charge in [0.05, 0.1) is 19.9 Å². The summed E-state index contributed by atoms with van der Waals surface area (Å²) in [4.78, 5) is 4.49. The molecular weight excluding hydrogens is 290 g/mol. The van der Waals surface area contributed by atoms with E-state index in [1.165, 1.54) is 0 Å². The third kappa shape index (κ3) is 4.20. The van der Waals surface area contributed by atoms with Crippen molar-refractivity contribution < 1.29 is 14.6 Å². The van der Waals surface area contributed by atoms with Crippen molar-refractivity contribution in [2.24, 2.45) is 4.99 Å². The Morgan fingerprint density at radius 1 is 0.957 bits per heavy atom. The van der Waals surface area contributed by atoms with E-state index in [9.17, 15) is 5.11 Å². The fourth-order valence-corrected chi connectivity index (χ4v) is 2.11. The summed E-state index contributed by atoms with van der Waals surface area (Å²) < 4.78 is 10.2. The van der Waals surface area contributed by atoms with Gasteiger partial charge < -0.3 is 14.6 Å². The summed E-state index contributed by atoms with van der Waals surface area (Å²) in [7, 11) is 3.23. The zero-order valence-corrected chi connectivity index (χ0v) is 13.6. The fourth-order valence-electron chi connectivity index (χ4n) is 2.11. The molecule has 2 aromatic rings. The standard InChI is InChI=1S/C19H21NO3/c1-13(19(21)15-5-9-17(22-3)10-6-15)14(2)20-16-7-11-18(23-4)12-8-16/h5-12,19,21H,1H2,2-4H3/t19-/m0/s1. The minimum Gasteiger partial charge on any atom is -0.497 e. The number of methoxy groups -OCH3 is 2. The molecule has 0 unspecified atom stereocenters. The molecule has 0 fully saturated rings. The van der Waals surface area contributed by atoms with Crippen molar-refractivity contribution in [3.8, 4) is 11.5 Å². The number of aliphatic hydroxyl groups is 1. The zero-order chi connectivity index (χ0) is 16.8. The number of rotatable bonds is 6. The number of aliphatic imine (C=N–C) groups is 1. The van der Waals surface area contributed by atoms with Crippen molar-refractivity contribution >= 4 is 11.4 Å². The predicted octanol–water partition coefficient (Wildman–Crippen LogP) is 4.09. The smallest absolute Gasteiger partial charge is 0.119 e. The molecular formula is C19H21NO3. The third-order valence-corrected chi connectivity index (χ3v) is 3.60. The summed E-state index contributed by atoms with van der Waals surface area (Å²) in [5.74, 6) is 1.52. The first kappa shape index (κ1) is 16.8. The lowest BCUT2D eigenvalue weighted by Gasteiger charge is -2.14. The Kier molecular flexibility index (Phi) is 5.55. The van der Waals surface area contributed by atoms with Gasteiger partial charge in [0.25, 0.3) is 0 Å². The van der Waals surface area contributed by atoms with Crippen LogP contribution in [0.2, 0.25) is 0 Å². The van der Waals surface area contributed by atoms with Gasteiger partial charge in [0.15, 0.2) is 0 Å². The van der Waals surface area contributed by atoms with Crippen LogP contribution < -0.4 is 9.47 Å². The highest BCUT2D eigenvalue weighted by Gasteiger charge is 2.14. The van der Waals surface area contributed by atoms with Crippen LogP contribution in [0.1, 0.15) is 18.6 Å². The number of hydrogen-bond donors (Lipinski definition) is 1. The van der Waals surface area contributed by atoms with Crippen molar-refractivity contribution in [1.82, 2.24) is 0 Å². The van der Waals surface area contributed by atoms with Crippen LogP contribution in [-0.4, -0.2) is 25.0 Å². The maximum atomic E-state index is 10.4. The molecule has 0 heterocycles. The van der Waals surface area contributed by atoms with E-state index in [0.717, 1.165) is 22.7 Å². The van der Waals surface area contributed by atoms with E-state index in [2.05, 4.69) is 11.6 Å². The summed E-state index contributed by atoms with van der Waals surface area (Å²) in [5.41, 5.74) is 2.77. The second kappa shape index (κ2) is 7.61. The Balaban J connectivity index is 2.14. The molecule has 0 aliphatic rings. The molecule has 0 amide bonds. The van der Waals surface area contributed by atoms with Crippen LogP contribution in [0.15, 0.2) is 65.7 Å². The molecule has 4 heteroatoms. The Labute approximate surface area is 136 Å². The van der Waals surface area contributed by atoms with Crippen LogP contribution in [0.5, 0.6) is 11.5 Å². The molecule has 0 saturated carbocycles. The van der Waals surface area contributed by atoms with Gasteiger partial charge in [-0.1, -0.05) is 18.7 Å². The second-order valence-corrected chi connectivity index (χ2v) is 5.10. The van der Waals surface area contributed by atoms with E-state index in [1.807, 2.05) is 55.5 Å². The Morgan fingerprint density at radius 2 is 1.43 bits per heavy atom. The van der Waals surface area contributed by atoms with E-state index >= 15 is 0 Å². The minimum atomic E-state index is -0.803. The molecule has 0 spiro atoms. The molecule has 2 aromatic carbocycles. The Bertz CT molecular complexity index is 688. The predicted molar refractivity (Wildman–Crippen MR) is 92.9 cm³/mol. The first-order chi connectivity index (χ1) is 11.0. The molecule has 0 bridgehead atoms. The fraction of sp³-hybridized carbons (Fsp3) is 0.211. The van der Waals surface area contributed by atoms with Gasteiger partial charge in [-0.05, 0) is 54.5 Å². The molecule has 4 nitrogen and oxygen atoms in total. The molecule has 0 aliphatic carbocycles. The molecule has 0 aliphatic heterocycles. The summed E-state index contributed by atoms with van der Waals surface area (Å²) in [6.45, 7) is 5.80. The van der Waals surface area contributed by atoms with Gasteiger partial charge in [-0.2, -0.15) is 0 Å². The summed E-state index contributed by atoms with van der Waals surface area (Å²) in [6.07, 6.45) is -0.803. The highest BCUT2D eigenvalue weighted by Crippen LogP contribution is 2.25. The minimum absolute atomic E-state index is 0.561. The summed E-state index contributed by atoms with van der Waals surface area (Å²) in [6, 6.07) is 14.6. The molecule has 1 atom stereocenters. The first-order valence-corrected chi connectivity index (χ1v) is 7.25. The first-order valence-electron chi connectivity index (χ1n) is 7.25. The highest BCUT2D eigenvalue weighted by molar-refractivity contribution is 6.00. The number of ether oxygens (including phenoxy) is 2. The number of benzene rings is 2. The number of nitrogens with zero attached hydrogens (tertiary/aromatic N) is 1. The van der Waals surface area contributed by atoms with Gasteiger partial charge in [0.2, 0.25) is 0 Å². The lowest BCUT2D eigenvalue weighted by atomic mass is 9.99. The van der Waals surface area contributed by atoms with Gasteiger partial charge in [-0.15, -0.1) is 0 Å². The highest BCUT2D eigenvalue weighted by atomic mass is 16.5. The van der Waals surface area contributed by atoms with Gasteiger partial charge in [0.1, 0.15) is 17.6 Å². The monoisotopic (exact) mass is 311 g/mol. The maximum absolute atomic E-state index is 10.4. The lowest BCUT2D eigenvalue weighted by molar-refractivity contribution is 0.222. The normalized spacial score (nSPS) is 12.6. The van der Waals surface area contributed by atoms with Gasteiger partial charge in [-0.25, -0.2) is 0 Å². The molecule has 1 N–H and O–H groups in total. The van der Waals surface area contributed by atoms with Crippen molar-refractivity contribution in [3.63, 3.8) is 0 Å².